The van der Waals surface area contributed by atoms with E-state index in [2.05, 4.69) is 5.32 Å². The Morgan fingerprint density at radius 3 is 2.42 bits per heavy atom. The highest BCUT2D eigenvalue weighted by Crippen LogP contribution is 2.29. The number of carbonyl (C=O) groups is 1. The van der Waals surface area contributed by atoms with E-state index in [9.17, 15) is 4.79 Å². The van der Waals surface area contributed by atoms with Crippen LogP contribution in [0.1, 0.15) is 10.6 Å². The van der Waals surface area contributed by atoms with Crippen LogP contribution in [-0.2, 0) is 0 Å². The van der Waals surface area contributed by atoms with E-state index in [1.165, 1.54) is 7.11 Å². The molecule has 0 fully saturated rings. The van der Waals surface area contributed by atoms with Crippen molar-refractivity contribution in [3.63, 3.8) is 0 Å². The molecule has 0 bridgehead atoms. The Morgan fingerprint density at radius 2 is 1.71 bits per heavy atom. The van der Waals surface area contributed by atoms with Gasteiger partial charge in [0.25, 0.3) is 5.91 Å². The van der Waals surface area contributed by atoms with E-state index in [0.717, 1.165) is 5.56 Å². The van der Waals surface area contributed by atoms with Gasteiger partial charge in [-0.1, -0.05) is 23.2 Å². The Kier molecular flexibility index (Phi) is 4.79. The Hall–Kier alpha value is -2.43. The molecule has 1 heterocycles. The maximum absolute atomic E-state index is 12.4. The van der Waals surface area contributed by atoms with Crippen LogP contribution in [0.2, 0.25) is 10.0 Å². The summed E-state index contributed by atoms with van der Waals surface area (Å²) in [7, 11) is 1.52. The van der Waals surface area contributed by atoms with Crippen molar-refractivity contribution in [2.75, 3.05) is 12.4 Å². The van der Waals surface area contributed by atoms with E-state index in [1.54, 1.807) is 42.5 Å². The minimum absolute atomic E-state index is 0.182. The summed E-state index contributed by atoms with van der Waals surface area (Å²) in [6, 6.07) is 15.5. The van der Waals surface area contributed by atoms with Gasteiger partial charge in [-0.3, -0.25) is 4.79 Å². The first-order chi connectivity index (χ1) is 11.6. The van der Waals surface area contributed by atoms with Crippen LogP contribution >= 0.6 is 23.2 Å². The van der Waals surface area contributed by atoms with Crippen molar-refractivity contribution in [2.45, 2.75) is 0 Å². The number of amides is 1. The number of nitrogens with one attached hydrogen (secondary N) is 1. The Morgan fingerprint density at radius 1 is 1.00 bits per heavy atom. The number of furan rings is 1. The third kappa shape index (κ3) is 3.55. The SMILES string of the molecule is COc1ccc(Cl)cc1NC(=O)c1ccc(-c2ccc(Cl)cc2)o1. The number of hydrogen-bond donors (Lipinski definition) is 1. The van der Waals surface area contributed by atoms with Gasteiger partial charge < -0.3 is 14.5 Å². The molecule has 0 aliphatic rings. The van der Waals surface area contributed by atoms with Crippen LogP contribution in [-0.4, -0.2) is 13.0 Å². The van der Waals surface area contributed by atoms with Gasteiger partial charge in [0.05, 0.1) is 12.8 Å². The standard InChI is InChI=1S/C18H13Cl2NO3/c1-23-16-7-6-13(20)10-14(16)21-18(22)17-9-8-15(24-17)11-2-4-12(19)5-3-11/h2-10H,1H3,(H,21,22). The number of benzene rings is 2. The molecule has 1 amide bonds. The van der Waals surface area contributed by atoms with Gasteiger partial charge >= 0.3 is 0 Å². The molecule has 0 radical (unpaired) electrons. The van der Waals surface area contributed by atoms with Crippen molar-refractivity contribution in [3.8, 4) is 17.1 Å². The lowest BCUT2D eigenvalue weighted by Gasteiger charge is -2.09. The summed E-state index contributed by atoms with van der Waals surface area (Å²) in [6.45, 7) is 0. The van der Waals surface area contributed by atoms with Crippen molar-refractivity contribution in [1.29, 1.82) is 0 Å². The zero-order valence-electron chi connectivity index (χ0n) is 12.7. The van der Waals surface area contributed by atoms with Gasteiger partial charge in [0.1, 0.15) is 11.5 Å². The largest absolute Gasteiger partial charge is 0.495 e. The van der Waals surface area contributed by atoms with E-state index < -0.39 is 5.91 Å². The topological polar surface area (TPSA) is 51.5 Å². The van der Waals surface area contributed by atoms with Gasteiger partial charge in [-0.15, -0.1) is 0 Å². The van der Waals surface area contributed by atoms with Crippen LogP contribution in [0.3, 0.4) is 0 Å². The number of rotatable bonds is 4. The lowest BCUT2D eigenvalue weighted by Crippen LogP contribution is -2.11. The molecule has 0 atom stereocenters. The molecule has 4 nitrogen and oxygen atoms in total. The van der Waals surface area contributed by atoms with Crippen molar-refractivity contribution < 1.29 is 13.9 Å². The zero-order valence-corrected chi connectivity index (χ0v) is 14.2. The monoisotopic (exact) mass is 361 g/mol. The summed E-state index contributed by atoms with van der Waals surface area (Å²) in [5, 5.41) is 3.86. The fourth-order valence-electron chi connectivity index (χ4n) is 2.19. The molecule has 0 saturated heterocycles. The summed E-state index contributed by atoms with van der Waals surface area (Å²) >= 11 is 11.8. The van der Waals surface area contributed by atoms with Crippen molar-refractivity contribution in [3.05, 3.63) is 70.4 Å². The number of hydrogen-bond acceptors (Lipinski definition) is 3. The molecule has 6 heteroatoms. The van der Waals surface area contributed by atoms with E-state index >= 15 is 0 Å². The lowest BCUT2D eigenvalue weighted by molar-refractivity contribution is 0.0997. The summed E-state index contributed by atoms with van der Waals surface area (Å²) < 4.78 is 10.8. The highest BCUT2D eigenvalue weighted by Gasteiger charge is 2.15. The van der Waals surface area contributed by atoms with Gasteiger partial charge in [-0.2, -0.15) is 0 Å². The highest BCUT2D eigenvalue weighted by atomic mass is 35.5. The number of methoxy groups -OCH3 is 1. The average Bonchev–Trinajstić information content (AvgIpc) is 3.06. The molecule has 0 spiro atoms. The van der Waals surface area contributed by atoms with Crippen molar-refractivity contribution >= 4 is 34.8 Å². The number of anilines is 1. The number of halogens is 2. The molecular weight excluding hydrogens is 349 g/mol. The molecule has 3 aromatic rings. The van der Waals surface area contributed by atoms with Crippen LogP contribution in [0.15, 0.2) is 59.0 Å². The van der Waals surface area contributed by atoms with Crippen molar-refractivity contribution in [2.24, 2.45) is 0 Å². The lowest BCUT2D eigenvalue weighted by atomic mass is 10.2. The summed E-state index contributed by atoms with van der Waals surface area (Å²) in [6.07, 6.45) is 0. The molecular formula is C18H13Cl2NO3. The van der Waals surface area contributed by atoms with Gasteiger partial charge in [0.15, 0.2) is 5.76 Å². The minimum atomic E-state index is -0.393. The number of ether oxygens (including phenoxy) is 1. The first-order valence-electron chi connectivity index (χ1n) is 7.07. The van der Waals surface area contributed by atoms with E-state index in [4.69, 9.17) is 32.4 Å². The van der Waals surface area contributed by atoms with E-state index in [-0.39, 0.29) is 5.76 Å². The van der Waals surface area contributed by atoms with Crippen LogP contribution in [0.25, 0.3) is 11.3 Å². The van der Waals surface area contributed by atoms with Gasteiger partial charge in [0.2, 0.25) is 0 Å². The summed E-state index contributed by atoms with van der Waals surface area (Å²) in [5.41, 5.74) is 1.30. The predicted octanol–water partition coefficient (Wildman–Crippen LogP) is 5.51. The smallest absolute Gasteiger partial charge is 0.291 e. The molecule has 1 aromatic heterocycles. The summed E-state index contributed by atoms with van der Waals surface area (Å²) in [4.78, 5) is 12.4. The van der Waals surface area contributed by atoms with Crippen LogP contribution in [0, 0.1) is 0 Å². The van der Waals surface area contributed by atoms with Crippen molar-refractivity contribution in [1.82, 2.24) is 0 Å². The van der Waals surface area contributed by atoms with Crippen LogP contribution < -0.4 is 10.1 Å². The average molecular weight is 362 g/mol. The van der Waals surface area contributed by atoms with Gasteiger partial charge in [-0.25, -0.2) is 0 Å². The van der Waals surface area contributed by atoms with Crippen LogP contribution in [0.5, 0.6) is 5.75 Å². The normalized spacial score (nSPS) is 10.5. The third-order valence-electron chi connectivity index (χ3n) is 3.37. The van der Waals surface area contributed by atoms with Gasteiger partial charge in [-0.05, 0) is 54.6 Å². The molecule has 1 N–H and O–H groups in total. The second-order valence-electron chi connectivity index (χ2n) is 4.97. The molecule has 0 aliphatic heterocycles. The fraction of sp³-hybridized carbons (Fsp3) is 0.0556. The Balaban J connectivity index is 1.81. The maximum atomic E-state index is 12.4. The first-order valence-corrected chi connectivity index (χ1v) is 7.83. The van der Waals surface area contributed by atoms with Crippen LogP contribution in [0.4, 0.5) is 5.69 Å². The first kappa shape index (κ1) is 16.4. The zero-order chi connectivity index (χ0) is 17.1. The second-order valence-corrected chi connectivity index (χ2v) is 5.84. The van der Waals surface area contributed by atoms with E-state index in [0.29, 0.717) is 27.2 Å². The van der Waals surface area contributed by atoms with E-state index in [1.807, 2.05) is 12.1 Å². The fourth-order valence-corrected chi connectivity index (χ4v) is 2.49. The molecule has 0 saturated carbocycles. The quantitative estimate of drug-likeness (QED) is 0.665. The molecule has 3 rings (SSSR count). The number of carbonyl (C=O) groups excluding carboxylic acids is 1. The molecule has 2 aromatic carbocycles. The molecule has 0 unspecified atom stereocenters. The molecule has 122 valence electrons. The maximum Gasteiger partial charge on any atom is 0.291 e. The Labute approximate surface area is 149 Å². The molecule has 0 aliphatic carbocycles. The van der Waals surface area contributed by atoms with Gasteiger partial charge in [0, 0.05) is 15.6 Å². The third-order valence-corrected chi connectivity index (χ3v) is 3.86. The second kappa shape index (κ2) is 6.99. The summed E-state index contributed by atoms with van der Waals surface area (Å²) in [5.74, 6) is 0.880. The predicted molar refractivity (Wildman–Crippen MR) is 95.1 cm³/mol. The minimum Gasteiger partial charge on any atom is -0.495 e. The Bertz CT molecular complexity index is 872. The highest BCUT2D eigenvalue weighted by molar-refractivity contribution is 6.31. The molecule has 24 heavy (non-hydrogen) atoms.